The maximum atomic E-state index is 13.4. The first-order chi connectivity index (χ1) is 19.2. The van der Waals surface area contributed by atoms with E-state index in [1.54, 1.807) is 30.4 Å². The van der Waals surface area contributed by atoms with Crippen molar-refractivity contribution in [1.82, 2.24) is 0 Å². The standard InChI is InChI=1S/C34H40O6/c35-29(20-33-17-22-13-23(18-33)15-24(14-22)19-33)11-9-28-10-12-30(36)34(28,21-31(37)38)40-32(39)27-8-4-7-26(16-27)25-5-2-1-3-6-25/h1-9,11,16,22-24,28-30,35-36H,10,12-15,17-21H2,(H,37,38). The molecule has 6 heteroatoms. The molecule has 2 aromatic carbocycles. The molecule has 0 saturated heterocycles. The van der Waals surface area contributed by atoms with Crippen molar-refractivity contribution in [2.75, 3.05) is 0 Å². The number of carboxylic acids is 1. The number of aliphatic hydroxyl groups is 2. The van der Waals surface area contributed by atoms with Gasteiger partial charge in [-0.2, -0.15) is 0 Å². The highest BCUT2D eigenvalue weighted by molar-refractivity contribution is 5.91. The predicted octanol–water partition coefficient (Wildman–Crippen LogP) is 6.02. The van der Waals surface area contributed by atoms with Crippen LogP contribution >= 0.6 is 0 Å². The van der Waals surface area contributed by atoms with Crippen LogP contribution < -0.4 is 0 Å². The van der Waals surface area contributed by atoms with Crippen molar-refractivity contribution >= 4 is 11.9 Å². The van der Waals surface area contributed by atoms with E-state index < -0.39 is 42.1 Å². The molecule has 0 amide bonds. The van der Waals surface area contributed by atoms with Gasteiger partial charge >= 0.3 is 11.9 Å². The molecule has 0 radical (unpaired) electrons. The molecule has 4 bridgehead atoms. The SMILES string of the molecule is O=C(O)CC1(OC(=O)c2cccc(-c3ccccc3)c2)C(O)CCC1C=CC(O)CC12CC3CC(CC(C3)C1)C2. The summed E-state index contributed by atoms with van der Waals surface area (Å²) in [6, 6.07) is 16.7. The third kappa shape index (κ3) is 5.36. The van der Waals surface area contributed by atoms with Crippen LogP contribution in [0.5, 0.6) is 0 Å². The van der Waals surface area contributed by atoms with E-state index in [0.29, 0.717) is 18.4 Å². The Bertz CT molecular complexity index is 1230. The summed E-state index contributed by atoms with van der Waals surface area (Å²) in [4.78, 5) is 25.4. The Kier molecular flexibility index (Phi) is 7.34. The van der Waals surface area contributed by atoms with Crippen LogP contribution in [0.4, 0.5) is 0 Å². The van der Waals surface area contributed by atoms with Gasteiger partial charge in [-0.15, -0.1) is 0 Å². The molecule has 7 rings (SSSR count). The van der Waals surface area contributed by atoms with Crippen molar-refractivity contribution in [3.05, 3.63) is 72.3 Å². The topological polar surface area (TPSA) is 104 Å². The third-order valence-corrected chi connectivity index (χ3v) is 10.2. The fourth-order valence-electron chi connectivity index (χ4n) is 9.00. The maximum absolute atomic E-state index is 13.4. The molecule has 5 aliphatic rings. The summed E-state index contributed by atoms with van der Waals surface area (Å²) in [6.45, 7) is 0. The van der Waals surface area contributed by atoms with Gasteiger partial charge in [0.15, 0.2) is 5.60 Å². The molecule has 6 nitrogen and oxygen atoms in total. The van der Waals surface area contributed by atoms with Crippen LogP contribution in [0.25, 0.3) is 11.1 Å². The highest BCUT2D eigenvalue weighted by Gasteiger charge is 2.54. The number of ether oxygens (including phenoxy) is 1. The van der Waals surface area contributed by atoms with Gasteiger partial charge in [-0.05, 0) is 104 Å². The second-order valence-corrected chi connectivity index (χ2v) is 13.1. The van der Waals surface area contributed by atoms with Gasteiger partial charge < -0.3 is 20.1 Å². The van der Waals surface area contributed by atoms with Crippen molar-refractivity contribution in [2.45, 2.75) is 82.0 Å². The van der Waals surface area contributed by atoms with Crippen LogP contribution in [0.2, 0.25) is 0 Å². The van der Waals surface area contributed by atoms with Gasteiger partial charge in [-0.3, -0.25) is 4.79 Å². The Labute approximate surface area is 236 Å². The normalized spacial score (nSPS) is 35.2. The van der Waals surface area contributed by atoms with Gasteiger partial charge in [0, 0.05) is 5.92 Å². The van der Waals surface area contributed by atoms with E-state index in [9.17, 15) is 24.9 Å². The molecule has 40 heavy (non-hydrogen) atoms. The van der Waals surface area contributed by atoms with E-state index in [2.05, 4.69) is 0 Å². The molecular weight excluding hydrogens is 504 g/mol. The lowest BCUT2D eigenvalue weighted by molar-refractivity contribution is -0.150. The first-order valence-corrected chi connectivity index (χ1v) is 14.9. The predicted molar refractivity (Wildman–Crippen MR) is 151 cm³/mol. The molecule has 0 heterocycles. The minimum Gasteiger partial charge on any atom is -0.481 e. The summed E-state index contributed by atoms with van der Waals surface area (Å²) in [7, 11) is 0. The van der Waals surface area contributed by atoms with Crippen molar-refractivity contribution in [1.29, 1.82) is 0 Å². The van der Waals surface area contributed by atoms with Crippen LogP contribution in [0, 0.1) is 29.1 Å². The smallest absolute Gasteiger partial charge is 0.338 e. The number of rotatable bonds is 9. The summed E-state index contributed by atoms with van der Waals surface area (Å²) in [5.74, 6) is 0.0963. The molecule has 0 aliphatic heterocycles. The van der Waals surface area contributed by atoms with Crippen LogP contribution in [-0.4, -0.2) is 45.1 Å². The second-order valence-electron chi connectivity index (χ2n) is 13.1. The van der Waals surface area contributed by atoms with Gasteiger partial charge in [0.2, 0.25) is 0 Å². The van der Waals surface area contributed by atoms with Gasteiger partial charge in [-0.1, -0.05) is 54.6 Å². The minimum absolute atomic E-state index is 0.210. The number of carbonyl (C=O) groups is 2. The molecule has 212 valence electrons. The number of aliphatic hydroxyl groups excluding tert-OH is 2. The molecule has 0 aromatic heterocycles. The number of hydrogen-bond donors (Lipinski definition) is 3. The Morgan fingerprint density at radius 1 is 0.925 bits per heavy atom. The fourth-order valence-corrected chi connectivity index (χ4v) is 9.00. The van der Waals surface area contributed by atoms with Crippen molar-refractivity contribution in [2.24, 2.45) is 29.1 Å². The second kappa shape index (κ2) is 10.8. The van der Waals surface area contributed by atoms with Gasteiger partial charge in [0.05, 0.1) is 24.2 Å². The fraction of sp³-hybridized carbons (Fsp3) is 0.529. The number of carboxylic acid groups (broad SMARTS) is 1. The van der Waals surface area contributed by atoms with E-state index in [1.165, 1.54) is 38.5 Å². The van der Waals surface area contributed by atoms with Crippen molar-refractivity contribution in [3.8, 4) is 11.1 Å². The summed E-state index contributed by atoms with van der Waals surface area (Å²) < 4.78 is 5.98. The molecule has 4 atom stereocenters. The molecule has 3 N–H and O–H groups in total. The summed E-state index contributed by atoms with van der Waals surface area (Å²) in [5.41, 5.74) is 0.713. The lowest BCUT2D eigenvalue weighted by Gasteiger charge is -2.57. The lowest BCUT2D eigenvalue weighted by atomic mass is 9.48. The van der Waals surface area contributed by atoms with E-state index in [1.807, 2.05) is 36.4 Å². The zero-order valence-corrected chi connectivity index (χ0v) is 23.0. The van der Waals surface area contributed by atoms with E-state index in [-0.39, 0.29) is 5.41 Å². The summed E-state index contributed by atoms with van der Waals surface area (Å²) in [5, 5.41) is 31.9. The quantitative estimate of drug-likeness (QED) is 0.264. The first kappa shape index (κ1) is 27.2. The number of aliphatic carboxylic acids is 1. The average molecular weight is 545 g/mol. The molecule has 5 aliphatic carbocycles. The molecule has 5 saturated carbocycles. The molecule has 5 fully saturated rings. The Morgan fingerprint density at radius 2 is 1.57 bits per heavy atom. The van der Waals surface area contributed by atoms with Crippen molar-refractivity contribution < 1.29 is 29.6 Å². The van der Waals surface area contributed by atoms with Crippen LogP contribution in [0.3, 0.4) is 0 Å². The highest BCUT2D eigenvalue weighted by atomic mass is 16.6. The number of hydrogen-bond acceptors (Lipinski definition) is 5. The number of benzene rings is 2. The molecule has 2 aromatic rings. The van der Waals surface area contributed by atoms with E-state index in [0.717, 1.165) is 35.3 Å². The van der Waals surface area contributed by atoms with Gasteiger partial charge in [0.1, 0.15) is 0 Å². The molecule has 4 unspecified atom stereocenters. The largest absolute Gasteiger partial charge is 0.481 e. The van der Waals surface area contributed by atoms with Gasteiger partial charge in [0.25, 0.3) is 0 Å². The first-order valence-electron chi connectivity index (χ1n) is 14.9. The monoisotopic (exact) mass is 544 g/mol. The van der Waals surface area contributed by atoms with Crippen LogP contribution in [-0.2, 0) is 9.53 Å². The van der Waals surface area contributed by atoms with Crippen LogP contribution in [0.1, 0.15) is 74.6 Å². The third-order valence-electron chi connectivity index (χ3n) is 10.2. The Hall–Kier alpha value is -2.96. The summed E-state index contributed by atoms with van der Waals surface area (Å²) >= 11 is 0. The van der Waals surface area contributed by atoms with E-state index in [4.69, 9.17) is 4.74 Å². The summed E-state index contributed by atoms with van der Waals surface area (Å²) in [6.07, 6.45) is 10.5. The zero-order valence-electron chi connectivity index (χ0n) is 23.0. The lowest BCUT2D eigenvalue weighted by Crippen LogP contribution is -2.49. The average Bonchev–Trinajstić information content (AvgIpc) is 3.20. The highest BCUT2D eigenvalue weighted by Crippen LogP contribution is 2.61. The molecule has 0 spiro atoms. The molecular formula is C34H40O6. The maximum Gasteiger partial charge on any atom is 0.338 e. The Balaban J connectivity index is 1.20. The van der Waals surface area contributed by atoms with Crippen molar-refractivity contribution in [3.63, 3.8) is 0 Å². The minimum atomic E-state index is -1.59. The van der Waals surface area contributed by atoms with Gasteiger partial charge in [-0.25, -0.2) is 4.79 Å². The van der Waals surface area contributed by atoms with Crippen LogP contribution in [0.15, 0.2) is 66.7 Å². The Morgan fingerprint density at radius 3 is 2.23 bits per heavy atom. The number of esters is 1. The van der Waals surface area contributed by atoms with E-state index >= 15 is 0 Å². The zero-order chi connectivity index (χ0) is 27.9. The number of carbonyl (C=O) groups excluding carboxylic acids is 1.